The van der Waals surface area contributed by atoms with Crippen LogP contribution in [0.2, 0.25) is 5.02 Å². The number of carbonyl (C=O) groups is 1. The van der Waals surface area contributed by atoms with Gasteiger partial charge in [-0.05, 0) is 43.3 Å². The zero-order valence-corrected chi connectivity index (χ0v) is 11.4. The van der Waals surface area contributed by atoms with E-state index in [1.165, 1.54) is 12.1 Å². The third-order valence-electron chi connectivity index (χ3n) is 2.68. The Kier molecular flexibility index (Phi) is 4.35. The third-order valence-corrected chi connectivity index (χ3v) is 2.97. The van der Waals surface area contributed by atoms with Gasteiger partial charge >= 0.3 is 0 Å². The summed E-state index contributed by atoms with van der Waals surface area (Å²) in [5, 5.41) is -0.356. The predicted molar refractivity (Wildman–Crippen MR) is 72.4 cm³/mol. The molecule has 2 nitrogen and oxygen atoms in total. The standard InChI is InChI=1S/C15H11ClF2O2/c1-2-20-10-5-3-9(4-6-10)15(19)11-7-14(18)12(16)8-13(11)17/h3-8H,2H2,1H3. The summed E-state index contributed by atoms with van der Waals surface area (Å²) in [6.45, 7) is 2.34. The minimum atomic E-state index is -0.852. The highest BCUT2D eigenvalue weighted by molar-refractivity contribution is 6.30. The molecule has 0 unspecified atom stereocenters. The van der Waals surface area contributed by atoms with Crippen LogP contribution in [0.15, 0.2) is 36.4 Å². The Morgan fingerprint density at radius 2 is 1.80 bits per heavy atom. The largest absolute Gasteiger partial charge is 0.494 e. The second-order valence-electron chi connectivity index (χ2n) is 4.03. The van der Waals surface area contributed by atoms with Crippen LogP contribution in [-0.4, -0.2) is 12.4 Å². The SMILES string of the molecule is CCOc1ccc(C(=O)c2cc(F)c(Cl)cc2F)cc1. The number of ketones is 1. The molecule has 0 aromatic heterocycles. The van der Waals surface area contributed by atoms with Crippen molar-refractivity contribution in [3.8, 4) is 5.75 Å². The van der Waals surface area contributed by atoms with Crippen molar-refractivity contribution in [2.45, 2.75) is 6.92 Å². The number of halogens is 3. The molecule has 2 aromatic rings. The average Bonchev–Trinajstić information content (AvgIpc) is 2.43. The van der Waals surface area contributed by atoms with Crippen molar-refractivity contribution in [1.29, 1.82) is 0 Å². The molecule has 0 spiro atoms. The first-order valence-corrected chi connectivity index (χ1v) is 6.33. The Morgan fingerprint density at radius 1 is 1.15 bits per heavy atom. The van der Waals surface area contributed by atoms with Crippen LogP contribution in [0, 0.1) is 11.6 Å². The van der Waals surface area contributed by atoms with Crippen LogP contribution in [0.3, 0.4) is 0 Å². The summed E-state index contributed by atoms with van der Waals surface area (Å²) in [5.74, 6) is -1.69. The second kappa shape index (κ2) is 6.01. The lowest BCUT2D eigenvalue weighted by Gasteiger charge is -2.06. The van der Waals surface area contributed by atoms with Crippen LogP contribution in [0.1, 0.15) is 22.8 Å². The number of ether oxygens (including phenoxy) is 1. The molecule has 0 N–H and O–H groups in total. The van der Waals surface area contributed by atoms with E-state index in [2.05, 4.69) is 0 Å². The summed E-state index contributed by atoms with van der Waals surface area (Å²) in [6.07, 6.45) is 0. The van der Waals surface area contributed by atoms with Gasteiger partial charge in [0.15, 0.2) is 5.78 Å². The zero-order chi connectivity index (χ0) is 14.7. The van der Waals surface area contributed by atoms with Crippen molar-refractivity contribution in [2.24, 2.45) is 0 Å². The molecule has 0 heterocycles. The van der Waals surface area contributed by atoms with Gasteiger partial charge in [-0.25, -0.2) is 8.78 Å². The quantitative estimate of drug-likeness (QED) is 0.623. The molecule has 2 aromatic carbocycles. The van der Waals surface area contributed by atoms with Crippen LogP contribution < -0.4 is 4.74 Å². The van der Waals surface area contributed by atoms with E-state index in [0.717, 1.165) is 12.1 Å². The summed E-state index contributed by atoms with van der Waals surface area (Å²) >= 11 is 5.45. The summed E-state index contributed by atoms with van der Waals surface area (Å²) in [6, 6.07) is 7.79. The number of rotatable bonds is 4. The smallest absolute Gasteiger partial charge is 0.196 e. The fourth-order valence-electron chi connectivity index (χ4n) is 1.72. The van der Waals surface area contributed by atoms with E-state index in [-0.39, 0.29) is 16.1 Å². The summed E-state index contributed by atoms with van der Waals surface area (Å²) in [7, 11) is 0. The van der Waals surface area contributed by atoms with Gasteiger partial charge in [0.05, 0.1) is 17.2 Å². The Morgan fingerprint density at radius 3 is 2.40 bits per heavy atom. The number of carbonyl (C=O) groups excluding carboxylic acids is 1. The fraction of sp³-hybridized carbons (Fsp3) is 0.133. The molecule has 0 bridgehead atoms. The van der Waals surface area contributed by atoms with Crippen molar-refractivity contribution in [2.75, 3.05) is 6.61 Å². The molecule has 2 rings (SSSR count). The van der Waals surface area contributed by atoms with Gasteiger partial charge < -0.3 is 4.74 Å². The monoisotopic (exact) mass is 296 g/mol. The predicted octanol–water partition coefficient (Wildman–Crippen LogP) is 4.25. The number of hydrogen-bond acceptors (Lipinski definition) is 2. The summed E-state index contributed by atoms with van der Waals surface area (Å²) < 4.78 is 32.2. The van der Waals surface area contributed by atoms with Gasteiger partial charge in [-0.1, -0.05) is 11.6 Å². The van der Waals surface area contributed by atoms with E-state index in [9.17, 15) is 13.6 Å². The lowest BCUT2D eigenvalue weighted by Crippen LogP contribution is -2.05. The minimum Gasteiger partial charge on any atom is -0.494 e. The van der Waals surface area contributed by atoms with E-state index in [4.69, 9.17) is 16.3 Å². The third kappa shape index (κ3) is 2.96. The molecule has 20 heavy (non-hydrogen) atoms. The molecule has 0 radical (unpaired) electrons. The van der Waals surface area contributed by atoms with E-state index >= 15 is 0 Å². The van der Waals surface area contributed by atoms with Crippen LogP contribution in [0.5, 0.6) is 5.75 Å². The summed E-state index contributed by atoms with van der Waals surface area (Å²) in [4.78, 5) is 12.1. The molecule has 0 aliphatic heterocycles. The van der Waals surface area contributed by atoms with Crippen LogP contribution in [-0.2, 0) is 0 Å². The van der Waals surface area contributed by atoms with Crippen molar-refractivity contribution < 1.29 is 18.3 Å². The molecule has 0 saturated carbocycles. The topological polar surface area (TPSA) is 26.3 Å². The van der Waals surface area contributed by atoms with Gasteiger partial charge in [-0.15, -0.1) is 0 Å². The highest BCUT2D eigenvalue weighted by Gasteiger charge is 2.17. The van der Waals surface area contributed by atoms with E-state index in [0.29, 0.717) is 12.4 Å². The van der Waals surface area contributed by atoms with Crippen molar-refractivity contribution in [3.63, 3.8) is 0 Å². The van der Waals surface area contributed by atoms with Crippen molar-refractivity contribution in [1.82, 2.24) is 0 Å². The van der Waals surface area contributed by atoms with Crippen LogP contribution in [0.4, 0.5) is 8.78 Å². The first kappa shape index (κ1) is 14.5. The van der Waals surface area contributed by atoms with E-state index in [1.807, 2.05) is 6.92 Å². The molecule has 0 aliphatic rings. The molecule has 0 fully saturated rings. The maximum absolute atomic E-state index is 13.7. The first-order chi connectivity index (χ1) is 9.52. The van der Waals surface area contributed by atoms with Gasteiger partial charge in [0.1, 0.15) is 17.4 Å². The Hall–Kier alpha value is -1.94. The highest BCUT2D eigenvalue weighted by atomic mass is 35.5. The Balaban J connectivity index is 2.33. The molecular weight excluding hydrogens is 286 g/mol. The van der Waals surface area contributed by atoms with Crippen molar-refractivity contribution in [3.05, 3.63) is 64.2 Å². The molecule has 0 atom stereocenters. The van der Waals surface area contributed by atoms with Crippen molar-refractivity contribution >= 4 is 17.4 Å². The average molecular weight is 297 g/mol. The van der Waals surface area contributed by atoms with E-state index in [1.54, 1.807) is 12.1 Å². The fourth-order valence-corrected chi connectivity index (χ4v) is 1.87. The molecule has 0 aliphatic carbocycles. The van der Waals surface area contributed by atoms with Gasteiger partial charge in [-0.3, -0.25) is 4.79 Å². The van der Waals surface area contributed by atoms with Gasteiger partial charge in [0.2, 0.25) is 0 Å². The maximum Gasteiger partial charge on any atom is 0.196 e. The molecule has 0 saturated heterocycles. The lowest BCUT2D eigenvalue weighted by atomic mass is 10.0. The Labute approximate surface area is 119 Å². The van der Waals surface area contributed by atoms with Crippen LogP contribution in [0.25, 0.3) is 0 Å². The minimum absolute atomic E-state index is 0.245. The first-order valence-electron chi connectivity index (χ1n) is 5.95. The van der Waals surface area contributed by atoms with Gasteiger partial charge in [0.25, 0.3) is 0 Å². The van der Waals surface area contributed by atoms with E-state index < -0.39 is 17.4 Å². The van der Waals surface area contributed by atoms with Gasteiger partial charge in [-0.2, -0.15) is 0 Å². The normalized spacial score (nSPS) is 10.4. The highest BCUT2D eigenvalue weighted by Crippen LogP contribution is 2.22. The lowest BCUT2D eigenvalue weighted by molar-refractivity contribution is 0.103. The molecule has 0 amide bonds. The molecule has 104 valence electrons. The number of hydrogen-bond donors (Lipinski definition) is 0. The number of benzene rings is 2. The van der Waals surface area contributed by atoms with Crippen LogP contribution >= 0.6 is 11.6 Å². The maximum atomic E-state index is 13.7. The Bertz CT molecular complexity index is 639. The second-order valence-corrected chi connectivity index (χ2v) is 4.44. The molecule has 5 heteroatoms. The van der Waals surface area contributed by atoms with Gasteiger partial charge in [0, 0.05) is 5.56 Å². The summed E-state index contributed by atoms with van der Waals surface area (Å²) in [5.41, 5.74) is -0.106. The molecular formula is C15H11ClF2O2. The zero-order valence-electron chi connectivity index (χ0n) is 10.6.